The van der Waals surface area contributed by atoms with E-state index in [0.29, 0.717) is 26.2 Å². The highest BCUT2D eigenvalue weighted by atomic mass is 16.5. The zero-order valence-electron chi connectivity index (χ0n) is 14.1. The summed E-state index contributed by atoms with van der Waals surface area (Å²) in [5.41, 5.74) is -0.290. The lowest BCUT2D eigenvalue weighted by Crippen LogP contribution is -2.67. The lowest BCUT2D eigenvalue weighted by Gasteiger charge is -2.44. The van der Waals surface area contributed by atoms with Gasteiger partial charge in [-0.2, -0.15) is 0 Å². The van der Waals surface area contributed by atoms with E-state index >= 15 is 0 Å². The number of hydrogen-bond acceptors (Lipinski definition) is 3. The summed E-state index contributed by atoms with van der Waals surface area (Å²) in [5, 5.41) is 2.88. The Morgan fingerprint density at radius 2 is 1.81 bits per heavy atom. The van der Waals surface area contributed by atoms with Gasteiger partial charge in [0.1, 0.15) is 12.1 Å². The van der Waals surface area contributed by atoms with Crippen molar-refractivity contribution >= 4 is 11.8 Å². The molecule has 0 aromatic rings. The number of hydrogen-bond donors (Lipinski definition) is 1. The monoisotopic (exact) mass is 298 g/mol. The van der Waals surface area contributed by atoms with Crippen LogP contribution in [0, 0.1) is 5.41 Å². The van der Waals surface area contributed by atoms with Crippen LogP contribution < -0.4 is 5.32 Å². The summed E-state index contributed by atoms with van der Waals surface area (Å²) in [4.78, 5) is 26.8. The number of rotatable bonds is 7. The molecule has 0 radical (unpaired) electrons. The van der Waals surface area contributed by atoms with E-state index in [9.17, 15) is 9.59 Å². The van der Waals surface area contributed by atoms with Crippen molar-refractivity contribution in [2.75, 3.05) is 19.8 Å². The van der Waals surface area contributed by atoms with Crippen LogP contribution in [0.25, 0.3) is 0 Å². The van der Waals surface area contributed by atoms with E-state index < -0.39 is 6.04 Å². The van der Waals surface area contributed by atoms with Crippen LogP contribution in [0.3, 0.4) is 0 Å². The second-order valence-corrected chi connectivity index (χ2v) is 6.76. The Morgan fingerprint density at radius 1 is 1.14 bits per heavy atom. The van der Waals surface area contributed by atoms with Gasteiger partial charge in [-0.1, -0.05) is 41.0 Å². The second-order valence-electron chi connectivity index (χ2n) is 6.76. The fourth-order valence-electron chi connectivity index (χ4n) is 2.78. The molecule has 0 spiro atoms. The van der Waals surface area contributed by atoms with E-state index in [2.05, 4.69) is 12.2 Å². The third-order valence-corrected chi connectivity index (χ3v) is 3.68. The molecule has 1 aliphatic heterocycles. The summed E-state index contributed by atoms with van der Waals surface area (Å²) < 4.78 is 5.50. The van der Waals surface area contributed by atoms with Crippen molar-refractivity contribution in [3.05, 3.63) is 0 Å². The standard InChI is InChI=1S/C16H30N2O3/c1-6-8-12-15(20)18(9-11-21-10-7-2)13(14(19)17-12)16(3,4)5/h12-13H,6-11H2,1-5H3,(H,17,19). The summed E-state index contributed by atoms with van der Waals surface area (Å²) in [5.74, 6) is -0.0208. The Bertz CT molecular complexity index is 363. The molecule has 1 aliphatic rings. The Kier molecular flexibility index (Phi) is 6.65. The van der Waals surface area contributed by atoms with Crippen LogP contribution in [-0.4, -0.2) is 48.6 Å². The number of amides is 2. The Balaban J connectivity index is 2.84. The number of nitrogens with one attached hydrogen (secondary N) is 1. The minimum Gasteiger partial charge on any atom is -0.380 e. The van der Waals surface area contributed by atoms with Crippen LogP contribution in [0.1, 0.15) is 53.9 Å². The first-order chi connectivity index (χ1) is 9.82. The molecule has 0 aromatic carbocycles. The van der Waals surface area contributed by atoms with Crippen LogP contribution in [-0.2, 0) is 14.3 Å². The Hall–Kier alpha value is -1.10. The summed E-state index contributed by atoms with van der Waals surface area (Å²) >= 11 is 0. The van der Waals surface area contributed by atoms with Crippen LogP contribution in [0.4, 0.5) is 0 Å². The molecule has 0 bridgehead atoms. The molecule has 2 unspecified atom stereocenters. The van der Waals surface area contributed by atoms with Crippen molar-refractivity contribution < 1.29 is 14.3 Å². The minimum absolute atomic E-state index is 0.0245. The first-order valence-electron chi connectivity index (χ1n) is 8.01. The number of carbonyl (C=O) groups is 2. The highest BCUT2D eigenvalue weighted by molar-refractivity contribution is 5.97. The molecule has 21 heavy (non-hydrogen) atoms. The van der Waals surface area contributed by atoms with Gasteiger partial charge < -0.3 is 15.0 Å². The smallest absolute Gasteiger partial charge is 0.245 e. The van der Waals surface area contributed by atoms with Crippen LogP contribution >= 0.6 is 0 Å². The van der Waals surface area contributed by atoms with Gasteiger partial charge in [0, 0.05) is 13.2 Å². The Labute approximate surface area is 128 Å². The van der Waals surface area contributed by atoms with Gasteiger partial charge >= 0.3 is 0 Å². The summed E-state index contributed by atoms with van der Waals surface area (Å²) in [6, 6.07) is -0.810. The fraction of sp³-hybridized carbons (Fsp3) is 0.875. The summed E-state index contributed by atoms with van der Waals surface area (Å²) in [6.07, 6.45) is 2.51. The van der Waals surface area contributed by atoms with Gasteiger partial charge in [0.15, 0.2) is 0 Å². The molecule has 1 heterocycles. The molecule has 0 aliphatic carbocycles. The molecule has 0 saturated carbocycles. The normalized spacial score (nSPS) is 23.4. The van der Waals surface area contributed by atoms with Crippen molar-refractivity contribution in [3.63, 3.8) is 0 Å². The molecule has 1 fully saturated rings. The molecule has 122 valence electrons. The SMILES string of the molecule is CCCOCCN1C(=O)C(CCC)NC(=O)C1C(C)(C)C. The van der Waals surface area contributed by atoms with Gasteiger partial charge in [0.2, 0.25) is 11.8 Å². The van der Waals surface area contributed by atoms with E-state index in [1.807, 2.05) is 27.7 Å². The summed E-state index contributed by atoms with van der Waals surface area (Å²) in [7, 11) is 0. The predicted octanol–water partition coefficient (Wildman–Crippen LogP) is 1.95. The zero-order chi connectivity index (χ0) is 16.0. The number of ether oxygens (including phenoxy) is 1. The molecular formula is C16H30N2O3. The molecule has 5 nitrogen and oxygen atoms in total. The van der Waals surface area contributed by atoms with Gasteiger partial charge in [-0.15, -0.1) is 0 Å². The quantitative estimate of drug-likeness (QED) is 0.731. The maximum absolute atomic E-state index is 12.6. The molecule has 2 atom stereocenters. The lowest BCUT2D eigenvalue weighted by molar-refractivity contribution is -0.154. The highest BCUT2D eigenvalue weighted by Crippen LogP contribution is 2.28. The lowest BCUT2D eigenvalue weighted by atomic mass is 9.83. The largest absolute Gasteiger partial charge is 0.380 e. The van der Waals surface area contributed by atoms with E-state index in [4.69, 9.17) is 4.74 Å². The van der Waals surface area contributed by atoms with Crippen LogP contribution in [0.15, 0.2) is 0 Å². The highest BCUT2D eigenvalue weighted by Gasteiger charge is 2.45. The predicted molar refractivity (Wildman–Crippen MR) is 82.9 cm³/mol. The third kappa shape index (κ3) is 4.70. The van der Waals surface area contributed by atoms with Gasteiger partial charge in [0.05, 0.1) is 6.61 Å². The molecular weight excluding hydrogens is 268 g/mol. The average Bonchev–Trinajstić information content (AvgIpc) is 2.38. The number of carbonyl (C=O) groups excluding carboxylic acids is 2. The number of piperazine rings is 1. The maximum Gasteiger partial charge on any atom is 0.245 e. The van der Waals surface area contributed by atoms with Gasteiger partial charge in [-0.05, 0) is 18.3 Å². The fourth-order valence-corrected chi connectivity index (χ4v) is 2.78. The van der Waals surface area contributed by atoms with Crippen molar-refractivity contribution in [1.29, 1.82) is 0 Å². The third-order valence-electron chi connectivity index (χ3n) is 3.68. The molecule has 1 rings (SSSR count). The summed E-state index contributed by atoms with van der Waals surface area (Å²) in [6.45, 7) is 11.7. The molecule has 2 amide bonds. The van der Waals surface area contributed by atoms with Crippen molar-refractivity contribution in [1.82, 2.24) is 10.2 Å². The molecule has 1 N–H and O–H groups in total. The first-order valence-corrected chi connectivity index (χ1v) is 8.01. The topological polar surface area (TPSA) is 58.6 Å². The van der Waals surface area contributed by atoms with Crippen LogP contribution in [0.2, 0.25) is 0 Å². The van der Waals surface area contributed by atoms with E-state index in [1.165, 1.54) is 0 Å². The van der Waals surface area contributed by atoms with E-state index in [0.717, 1.165) is 12.8 Å². The van der Waals surface area contributed by atoms with Gasteiger partial charge in [-0.25, -0.2) is 0 Å². The number of nitrogens with zero attached hydrogens (tertiary/aromatic N) is 1. The molecule has 1 saturated heterocycles. The minimum atomic E-state index is -0.427. The van der Waals surface area contributed by atoms with E-state index in [-0.39, 0.29) is 23.3 Å². The average molecular weight is 298 g/mol. The maximum atomic E-state index is 12.6. The van der Waals surface area contributed by atoms with E-state index in [1.54, 1.807) is 4.90 Å². The van der Waals surface area contributed by atoms with Crippen molar-refractivity contribution in [2.45, 2.75) is 66.0 Å². The second kappa shape index (κ2) is 7.78. The van der Waals surface area contributed by atoms with Crippen LogP contribution in [0.5, 0.6) is 0 Å². The van der Waals surface area contributed by atoms with Crippen molar-refractivity contribution in [3.8, 4) is 0 Å². The Morgan fingerprint density at radius 3 is 2.33 bits per heavy atom. The van der Waals surface area contributed by atoms with Crippen molar-refractivity contribution in [2.24, 2.45) is 5.41 Å². The zero-order valence-corrected chi connectivity index (χ0v) is 14.1. The van der Waals surface area contributed by atoms with Gasteiger partial charge in [-0.3, -0.25) is 9.59 Å². The molecule has 5 heteroatoms. The molecule has 0 aromatic heterocycles. The van der Waals surface area contributed by atoms with Gasteiger partial charge in [0.25, 0.3) is 0 Å². The first kappa shape index (κ1) is 18.0.